The molecule has 1 aromatic carbocycles. The summed E-state index contributed by atoms with van der Waals surface area (Å²) in [6, 6.07) is 21.1. The summed E-state index contributed by atoms with van der Waals surface area (Å²) in [7, 11) is 0. The van der Waals surface area contributed by atoms with E-state index in [4.69, 9.17) is 9.97 Å². The van der Waals surface area contributed by atoms with Crippen molar-refractivity contribution >= 4 is 11.3 Å². The molecule has 33 heavy (non-hydrogen) atoms. The molecular weight excluding hydrogens is 426 g/mol. The van der Waals surface area contributed by atoms with Crippen LogP contribution in [0.3, 0.4) is 0 Å². The van der Waals surface area contributed by atoms with E-state index in [1.165, 1.54) is 16.9 Å². The molecule has 168 valence electrons. The molecule has 5 rings (SSSR count). The molecule has 1 aliphatic heterocycles. The van der Waals surface area contributed by atoms with Crippen LogP contribution in [0.25, 0.3) is 22.0 Å². The van der Waals surface area contributed by atoms with Gasteiger partial charge in [0.05, 0.1) is 10.6 Å². The van der Waals surface area contributed by atoms with Gasteiger partial charge in [-0.05, 0) is 54.7 Å². The van der Waals surface area contributed by atoms with E-state index in [0.717, 1.165) is 68.5 Å². The van der Waals surface area contributed by atoms with Gasteiger partial charge in [-0.3, -0.25) is 9.88 Å². The molecule has 1 fully saturated rings. The number of hydrogen-bond acceptors (Lipinski definition) is 6. The maximum Gasteiger partial charge on any atom is 0.160 e. The van der Waals surface area contributed by atoms with Crippen molar-refractivity contribution in [2.75, 3.05) is 32.7 Å². The molecule has 1 aliphatic rings. The average molecular weight is 456 g/mol. The second-order valence-corrected chi connectivity index (χ2v) is 9.44. The lowest BCUT2D eigenvalue weighted by Gasteiger charge is -2.22. The molecule has 0 N–H and O–H groups in total. The predicted molar refractivity (Wildman–Crippen MR) is 135 cm³/mol. The predicted octanol–water partition coefficient (Wildman–Crippen LogP) is 5.02. The lowest BCUT2D eigenvalue weighted by Crippen LogP contribution is -2.32. The molecule has 0 atom stereocenters. The minimum absolute atomic E-state index is 0.781. The Morgan fingerprint density at radius 3 is 2.45 bits per heavy atom. The lowest BCUT2D eigenvalue weighted by atomic mass is 10.2. The Bertz CT molecular complexity index is 1130. The van der Waals surface area contributed by atoms with Crippen LogP contribution in [0.4, 0.5) is 0 Å². The molecule has 6 heteroatoms. The standard InChI is InChI=1S/C27H29N5S/c1-2-6-22(7-3-1)21-32-15-5-14-31(17-18-32)16-11-24-20-25(26-8-4-19-33-26)30-27(29-24)23-9-12-28-13-10-23/h1-4,6-10,12-13,19-20H,5,11,14-18,21H2. The van der Waals surface area contributed by atoms with E-state index in [1.54, 1.807) is 23.7 Å². The summed E-state index contributed by atoms with van der Waals surface area (Å²) in [5.41, 5.74) is 4.52. The Balaban J connectivity index is 1.26. The van der Waals surface area contributed by atoms with Gasteiger partial charge >= 0.3 is 0 Å². The van der Waals surface area contributed by atoms with Gasteiger partial charge in [-0.15, -0.1) is 11.3 Å². The first-order chi connectivity index (χ1) is 16.3. The van der Waals surface area contributed by atoms with Gasteiger partial charge in [-0.25, -0.2) is 9.97 Å². The van der Waals surface area contributed by atoms with Crippen molar-refractivity contribution in [2.45, 2.75) is 19.4 Å². The third kappa shape index (κ3) is 5.90. The van der Waals surface area contributed by atoms with Crippen molar-refractivity contribution in [1.29, 1.82) is 0 Å². The van der Waals surface area contributed by atoms with Gasteiger partial charge in [-0.2, -0.15) is 0 Å². The van der Waals surface area contributed by atoms with Crippen molar-refractivity contribution in [3.8, 4) is 22.0 Å². The minimum Gasteiger partial charge on any atom is -0.302 e. The Morgan fingerprint density at radius 1 is 0.818 bits per heavy atom. The number of thiophene rings is 1. The van der Waals surface area contributed by atoms with Crippen molar-refractivity contribution < 1.29 is 0 Å². The van der Waals surface area contributed by atoms with Crippen LogP contribution in [0.2, 0.25) is 0 Å². The highest BCUT2D eigenvalue weighted by atomic mass is 32.1. The largest absolute Gasteiger partial charge is 0.302 e. The Kier molecular flexibility index (Phi) is 7.16. The van der Waals surface area contributed by atoms with E-state index in [0.29, 0.717) is 0 Å². The minimum atomic E-state index is 0.781. The zero-order valence-corrected chi connectivity index (χ0v) is 19.6. The quantitative estimate of drug-likeness (QED) is 0.392. The highest BCUT2D eigenvalue weighted by Crippen LogP contribution is 2.26. The first-order valence-electron chi connectivity index (χ1n) is 11.6. The Morgan fingerprint density at radius 2 is 1.64 bits per heavy atom. The Hall–Kier alpha value is -2.93. The van der Waals surface area contributed by atoms with Crippen LogP contribution in [0.1, 0.15) is 17.7 Å². The molecule has 0 spiro atoms. The molecule has 4 aromatic rings. The highest BCUT2D eigenvalue weighted by Gasteiger charge is 2.16. The van der Waals surface area contributed by atoms with E-state index < -0.39 is 0 Å². The molecule has 0 bridgehead atoms. The van der Waals surface area contributed by atoms with Gasteiger partial charge in [0, 0.05) is 56.3 Å². The van der Waals surface area contributed by atoms with Gasteiger partial charge in [0.1, 0.15) is 0 Å². The van der Waals surface area contributed by atoms with E-state index >= 15 is 0 Å². The van der Waals surface area contributed by atoms with Gasteiger partial charge in [-0.1, -0.05) is 36.4 Å². The zero-order chi connectivity index (χ0) is 22.3. The Labute approximate surface area is 199 Å². The van der Waals surface area contributed by atoms with E-state index in [2.05, 4.69) is 68.7 Å². The molecule has 1 saturated heterocycles. The van der Waals surface area contributed by atoms with E-state index in [1.807, 2.05) is 12.1 Å². The van der Waals surface area contributed by atoms with Crippen molar-refractivity contribution in [2.24, 2.45) is 0 Å². The van der Waals surface area contributed by atoms with E-state index in [9.17, 15) is 0 Å². The average Bonchev–Trinajstić information content (AvgIpc) is 3.32. The maximum atomic E-state index is 4.92. The summed E-state index contributed by atoms with van der Waals surface area (Å²) in [4.78, 5) is 20.3. The number of benzene rings is 1. The van der Waals surface area contributed by atoms with Crippen LogP contribution in [-0.2, 0) is 13.0 Å². The van der Waals surface area contributed by atoms with Crippen molar-refractivity contribution in [3.63, 3.8) is 0 Å². The second kappa shape index (κ2) is 10.8. The van der Waals surface area contributed by atoms with Crippen LogP contribution in [0.15, 0.2) is 78.4 Å². The number of aromatic nitrogens is 3. The molecule has 0 unspecified atom stereocenters. The summed E-state index contributed by atoms with van der Waals surface area (Å²) >= 11 is 1.72. The zero-order valence-electron chi connectivity index (χ0n) is 18.8. The van der Waals surface area contributed by atoms with Crippen LogP contribution in [0, 0.1) is 0 Å². The highest BCUT2D eigenvalue weighted by molar-refractivity contribution is 7.13. The van der Waals surface area contributed by atoms with Crippen molar-refractivity contribution in [3.05, 3.63) is 89.7 Å². The summed E-state index contributed by atoms with van der Waals surface area (Å²) in [6.45, 7) is 6.59. The third-order valence-corrected chi connectivity index (χ3v) is 7.00. The fourth-order valence-corrected chi connectivity index (χ4v) is 5.01. The second-order valence-electron chi connectivity index (χ2n) is 8.49. The molecule has 5 nitrogen and oxygen atoms in total. The molecule has 0 aliphatic carbocycles. The molecular formula is C27H29N5S. The van der Waals surface area contributed by atoms with E-state index in [-0.39, 0.29) is 0 Å². The SMILES string of the molecule is c1ccc(CN2CCCN(CCc3cc(-c4cccs4)nc(-c4ccncc4)n3)CC2)cc1. The fraction of sp³-hybridized carbons (Fsp3) is 0.296. The molecule has 0 saturated carbocycles. The molecule has 0 amide bonds. The third-order valence-electron chi connectivity index (χ3n) is 6.11. The molecule has 0 radical (unpaired) electrons. The lowest BCUT2D eigenvalue weighted by molar-refractivity contribution is 0.252. The number of rotatable bonds is 7. The van der Waals surface area contributed by atoms with Gasteiger partial charge in [0.2, 0.25) is 0 Å². The van der Waals surface area contributed by atoms with Gasteiger partial charge in [0.25, 0.3) is 0 Å². The number of pyridine rings is 1. The first-order valence-corrected chi connectivity index (χ1v) is 12.5. The van der Waals surface area contributed by atoms with Gasteiger partial charge < -0.3 is 4.90 Å². The smallest absolute Gasteiger partial charge is 0.160 e. The number of nitrogens with zero attached hydrogens (tertiary/aromatic N) is 5. The van der Waals surface area contributed by atoms with Crippen LogP contribution < -0.4 is 0 Å². The summed E-state index contributed by atoms with van der Waals surface area (Å²) in [6.07, 6.45) is 5.74. The van der Waals surface area contributed by atoms with Gasteiger partial charge in [0.15, 0.2) is 5.82 Å². The normalized spacial score (nSPS) is 15.4. The van der Waals surface area contributed by atoms with Crippen LogP contribution >= 0.6 is 11.3 Å². The molecule has 4 heterocycles. The fourth-order valence-electron chi connectivity index (χ4n) is 4.33. The topological polar surface area (TPSA) is 45.2 Å². The number of hydrogen-bond donors (Lipinski definition) is 0. The summed E-state index contributed by atoms with van der Waals surface area (Å²) in [5.74, 6) is 0.781. The monoisotopic (exact) mass is 455 g/mol. The van der Waals surface area contributed by atoms with Crippen molar-refractivity contribution in [1.82, 2.24) is 24.8 Å². The van der Waals surface area contributed by atoms with Crippen LogP contribution in [-0.4, -0.2) is 57.5 Å². The summed E-state index contributed by atoms with van der Waals surface area (Å²) < 4.78 is 0. The first kappa shape index (κ1) is 21.9. The summed E-state index contributed by atoms with van der Waals surface area (Å²) in [5, 5.41) is 2.10. The molecule has 3 aromatic heterocycles. The van der Waals surface area contributed by atoms with Crippen LogP contribution in [0.5, 0.6) is 0 Å². The maximum absolute atomic E-state index is 4.92.